The molecule has 5 aromatic rings. The van der Waals surface area contributed by atoms with Crippen molar-refractivity contribution in [1.82, 2.24) is 14.9 Å². The highest BCUT2D eigenvalue weighted by molar-refractivity contribution is 5.91. The quantitative estimate of drug-likeness (QED) is 0.217. The smallest absolute Gasteiger partial charge is 0.244 e. The standard InChI is InChI=1S/C30H27N3O2/c34-30(19-18-23-10-2-1-3-11-23)31-22-29-32-26-15-6-7-16-27(26)33(29)20-9-21-35-28-17-8-13-24-12-4-5-14-25(24)28/h1-8,10-19H,9,20-22H2,(H,31,34)/b19-18-. The van der Waals surface area contributed by atoms with Gasteiger partial charge in [0.15, 0.2) is 0 Å². The number of imidazole rings is 1. The lowest BCUT2D eigenvalue weighted by atomic mass is 10.1. The number of fused-ring (bicyclic) bond motifs is 2. The molecule has 0 aliphatic carbocycles. The minimum absolute atomic E-state index is 0.147. The molecule has 0 aliphatic heterocycles. The summed E-state index contributed by atoms with van der Waals surface area (Å²) in [5, 5.41) is 5.26. The van der Waals surface area contributed by atoms with Crippen LogP contribution in [0.15, 0.2) is 103 Å². The summed E-state index contributed by atoms with van der Waals surface area (Å²) in [6, 6.07) is 32.2. The number of carbonyl (C=O) groups is 1. The number of nitrogens with one attached hydrogen (secondary N) is 1. The second-order valence-electron chi connectivity index (χ2n) is 8.31. The Balaban J connectivity index is 1.23. The molecule has 0 saturated carbocycles. The number of para-hydroxylation sites is 2. The average Bonchev–Trinajstić information content (AvgIpc) is 3.26. The summed E-state index contributed by atoms with van der Waals surface area (Å²) in [7, 11) is 0. The van der Waals surface area contributed by atoms with Gasteiger partial charge in [-0.3, -0.25) is 4.79 Å². The SMILES string of the molecule is O=C(/C=C\c1ccccc1)NCc1nc2ccccc2n1CCCOc1cccc2ccccc12. The van der Waals surface area contributed by atoms with Gasteiger partial charge in [0, 0.05) is 18.0 Å². The lowest BCUT2D eigenvalue weighted by Gasteiger charge is -2.12. The van der Waals surface area contributed by atoms with Crippen molar-refractivity contribution in [2.24, 2.45) is 0 Å². The maximum atomic E-state index is 12.4. The van der Waals surface area contributed by atoms with Crippen molar-refractivity contribution in [2.45, 2.75) is 19.5 Å². The van der Waals surface area contributed by atoms with Gasteiger partial charge in [-0.15, -0.1) is 0 Å². The number of hydrogen-bond acceptors (Lipinski definition) is 3. The summed E-state index contributed by atoms with van der Waals surface area (Å²) in [6.07, 6.45) is 4.18. The maximum Gasteiger partial charge on any atom is 0.244 e. The molecule has 1 N–H and O–H groups in total. The first-order chi connectivity index (χ1) is 17.3. The van der Waals surface area contributed by atoms with Gasteiger partial charge in [0.1, 0.15) is 11.6 Å². The van der Waals surface area contributed by atoms with Crippen molar-refractivity contribution in [3.63, 3.8) is 0 Å². The molecular weight excluding hydrogens is 434 g/mol. The van der Waals surface area contributed by atoms with E-state index >= 15 is 0 Å². The monoisotopic (exact) mass is 461 g/mol. The Kier molecular flexibility index (Phi) is 6.85. The highest BCUT2D eigenvalue weighted by Crippen LogP contribution is 2.25. The first-order valence-electron chi connectivity index (χ1n) is 11.8. The molecule has 1 aromatic heterocycles. The van der Waals surface area contributed by atoms with Crippen molar-refractivity contribution in [3.8, 4) is 5.75 Å². The number of nitrogens with zero attached hydrogens (tertiary/aromatic N) is 2. The third-order valence-corrected chi connectivity index (χ3v) is 5.91. The van der Waals surface area contributed by atoms with Crippen LogP contribution in [0.1, 0.15) is 17.8 Å². The van der Waals surface area contributed by atoms with E-state index in [0.29, 0.717) is 13.2 Å². The van der Waals surface area contributed by atoms with Gasteiger partial charge in [0.2, 0.25) is 5.91 Å². The third kappa shape index (κ3) is 5.41. The molecule has 1 heterocycles. The van der Waals surface area contributed by atoms with E-state index in [4.69, 9.17) is 9.72 Å². The van der Waals surface area contributed by atoms with Crippen LogP contribution >= 0.6 is 0 Å². The molecule has 0 bridgehead atoms. The second-order valence-corrected chi connectivity index (χ2v) is 8.31. The van der Waals surface area contributed by atoms with Crippen LogP contribution in [0.3, 0.4) is 0 Å². The Morgan fingerprint density at radius 2 is 1.66 bits per heavy atom. The van der Waals surface area contributed by atoms with Gasteiger partial charge in [0.25, 0.3) is 0 Å². The zero-order valence-corrected chi connectivity index (χ0v) is 19.4. The lowest BCUT2D eigenvalue weighted by Crippen LogP contribution is -2.23. The molecule has 0 unspecified atom stereocenters. The number of benzene rings is 4. The minimum Gasteiger partial charge on any atom is -0.493 e. The number of aromatic nitrogens is 2. The van der Waals surface area contributed by atoms with Gasteiger partial charge in [-0.1, -0.05) is 78.9 Å². The van der Waals surface area contributed by atoms with Crippen LogP contribution in [-0.2, 0) is 17.9 Å². The molecule has 35 heavy (non-hydrogen) atoms. The van der Waals surface area contributed by atoms with Crippen LogP contribution in [0.25, 0.3) is 27.9 Å². The summed E-state index contributed by atoms with van der Waals surface area (Å²) >= 11 is 0. The Morgan fingerprint density at radius 1 is 0.886 bits per heavy atom. The topological polar surface area (TPSA) is 56.2 Å². The van der Waals surface area contributed by atoms with E-state index < -0.39 is 0 Å². The number of hydrogen-bond donors (Lipinski definition) is 1. The van der Waals surface area contributed by atoms with Gasteiger partial charge >= 0.3 is 0 Å². The molecule has 0 aliphatic rings. The second kappa shape index (κ2) is 10.7. The zero-order chi connectivity index (χ0) is 23.9. The summed E-state index contributed by atoms with van der Waals surface area (Å²) in [6.45, 7) is 1.69. The molecule has 0 saturated heterocycles. The van der Waals surface area contributed by atoms with Crippen LogP contribution < -0.4 is 10.1 Å². The van der Waals surface area contributed by atoms with Crippen molar-refractivity contribution >= 4 is 33.8 Å². The molecule has 0 fully saturated rings. The molecule has 1 amide bonds. The van der Waals surface area contributed by atoms with Gasteiger partial charge in [-0.05, 0) is 41.6 Å². The largest absolute Gasteiger partial charge is 0.493 e. The Morgan fingerprint density at radius 3 is 2.57 bits per heavy atom. The fourth-order valence-electron chi connectivity index (χ4n) is 4.20. The molecule has 5 rings (SSSR count). The van der Waals surface area contributed by atoms with Crippen LogP contribution in [0.2, 0.25) is 0 Å². The van der Waals surface area contributed by atoms with E-state index in [2.05, 4.69) is 34.1 Å². The first-order valence-corrected chi connectivity index (χ1v) is 11.8. The number of rotatable bonds is 9. The third-order valence-electron chi connectivity index (χ3n) is 5.91. The van der Waals surface area contributed by atoms with E-state index in [1.807, 2.05) is 78.9 Å². The van der Waals surface area contributed by atoms with Crippen LogP contribution in [0, 0.1) is 0 Å². The molecular formula is C30H27N3O2. The van der Waals surface area contributed by atoms with E-state index in [0.717, 1.165) is 46.5 Å². The molecule has 4 aromatic carbocycles. The molecule has 0 atom stereocenters. The molecule has 5 nitrogen and oxygen atoms in total. The number of ether oxygens (including phenoxy) is 1. The van der Waals surface area contributed by atoms with Crippen molar-refractivity contribution in [2.75, 3.05) is 6.61 Å². The highest BCUT2D eigenvalue weighted by atomic mass is 16.5. The number of carbonyl (C=O) groups excluding carboxylic acids is 1. The Bertz CT molecular complexity index is 1470. The van der Waals surface area contributed by atoms with Crippen LogP contribution in [0.4, 0.5) is 0 Å². The molecule has 0 spiro atoms. The van der Waals surface area contributed by atoms with Crippen molar-refractivity contribution < 1.29 is 9.53 Å². The summed E-state index contributed by atoms with van der Waals surface area (Å²) in [5.74, 6) is 1.58. The number of amides is 1. The van der Waals surface area contributed by atoms with E-state index in [1.165, 1.54) is 5.39 Å². The van der Waals surface area contributed by atoms with Crippen LogP contribution in [0.5, 0.6) is 5.75 Å². The predicted molar refractivity (Wildman–Crippen MR) is 141 cm³/mol. The number of aryl methyl sites for hydroxylation is 1. The van der Waals surface area contributed by atoms with E-state index in [9.17, 15) is 4.79 Å². The van der Waals surface area contributed by atoms with Crippen molar-refractivity contribution in [1.29, 1.82) is 0 Å². The fraction of sp³-hybridized carbons (Fsp3) is 0.133. The molecule has 0 radical (unpaired) electrons. The lowest BCUT2D eigenvalue weighted by molar-refractivity contribution is -0.116. The highest BCUT2D eigenvalue weighted by Gasteiger charge is 2.11. The van der Waals surface area contributed by atoms with Gasteiger partial charge in [-0.25, -0.2) is 4.98 Å². The first kappa shape index (κ1) is 22.4. The van der Waals surface area contributed by atoms with Gasteiger partial charge in [0.05, 0.1) is 24.2 Å². The summed E-state index contributed by atoms with van der Waals surface area (Å²) in [5.41, 5.74) is 2.97. The molecule has 5 heteroatoms. The maximum absolute atomic E-state index is 12.4. The fourth-order valence-corrected chi connectivity index (χ4v) is 4.20. The molecule has 174 valence electrons. The van der Waals surface area contributed by atoms with Gasteiger partial charge < -0.3 is 14.6 Å². The zero-order valence-electron chi connectivity index (χ0n) is 19.4. The Hall–Kier alpha value is -4.38. The average molecular weight is 462 g/mol. The normalized spacial score (nSPS) is 11.3. The predicted octanol–water partition coefficient (Wildman–Crippen LogP) is 5.99. The van der Waals surface area contributed by atoms with Crippen LogP contribution in [-0.4, -0.2) is 22.1 Å². The Labute approximate surface area is 204 Å². The van der Waals surface area contributed by atoms with Crippen molar-refractivity contribution in [3.05, 3.63) is 115 Å². The van der Waals surface area contributed by atoms with Gasteiger partial charge in [-0.2, -0.15) is 0 Å². The van der Waals surface area contributed by atoms with E-state index in [-0.39, 0.29) is 5.91 Å². The summed E-state index contributed by atoms with van der Waals surface area (Å²) in [4.78, 5) is 17.1. The van der Waals surface area contributed by atoms with E-state index in [1.54, 1.807) is 6.08 Å². The summed E-state index contributed by atoms with van der Waals surface area (Å²) < 4.78 is 8.30. The minimum atomic E-state index is -0.147.